The Labute approximate surface area is 371 Å². The highest BCUT2D eigenvalue weighted by molar-refractivity contribution is 5.73. The molecule has 5 aliphatic carbocycles. The highest BCUT2D eigenvalue weighted by atomic mass is 16.8. The van der Waals surface area contributed by atoms with Gasteiger partial charge in [-0.05, 0) is 127 Å². The summed E-state index contributed by atoms with van der Waals surface area (Å²) in [4.78, 5) is 12.7. The van der Waals surface area contributed by atoms with Crippen LogP contribution in [0, 0.1) is 56.2 Å². The third-order valence-corrected chi connectivity index (χ3v) is 19.9. The molecule has 3 saturated heterocycles. The van der Waals surface area contributed by atoms with Crippen LogP contribution in [0.25, 0.3) is 0 Å². The lowest BCUT2D eigenvalue weighted by Crippen LogP contribution is -2.69. The molecule has 0 unspecified atom stereocenters. The molecular weight excluding hydrogens is 821 g/mol. The summed E-state index contributed by atoms with van der Waals surface area (Å²) in [5, 5.41) is 95.5. The van der Waals surface area contributed by atoms with Gasteiger partial charge in [0.25, 0.3) is 0 Å². The van der Waals surface area contributed by atoms with E-state index < -0.39 is 111 Å². The summed E-state index contributed by atoms with van der Waals surface area (Å²) >= 11 is 0. The number of rotatable bonds is 8. The van der Waals surface area contributed by atoms with E-state index in [-0.39, 0.29) is 27.6 Å². The first-order chi connectivity index (χ1) is 29.4. The molecule has 63 heavy (non-hydrogen) atoms. The Morgan fingerprint density at radius 3 is 1.92 bits per heavy atom. The molecule has 0 amide bonds. The number of hydrogen-bond acceptors (Lipinski definition) is 15. The van der Waals surface area contributed by atoms with Gasteiger partial charge in [-0.2, -0.15) is 0 Å². The van der Waals surface area contributed by atoms with Crippen molar-refractivity contribution in [2.24, 2.45) is 56.2 Å². The maximum atomic E-state index is 12.7. The predicted molar refractivity (Wildman–Crippen MR) is 223 cm³/mol. The lowest BCUT2D eigenvalue weighted by molar-refractivity contribution is -0.391. The van der Waals surface area contributed by atoms with E-state index in [9.17, 15) is 50.8 Å². The van der Waals surface area contributed by atoms with Crippen LogP contribution < -0.4 is 0 Å². The molecule has 0 bridgehead atoms. The first-order valence-electron chi connectivity index (χ1n) is 23.8. The number of carboxylic acids is 1. The average Bonchev–Trinajstić information content (AvgIpc) is 3.22. The van der Waals surface area contributed by atoms with Gasteiger partial charge in [-0.1, -0.05) is 55.4 Å². The van der Waals surface area contributed by atoms with E-state index in [1.807, 2.05) is 0 Å². The molecule has 0 spiro atoms. The number of aliphatic carboxylic acids is 1. The van der Waals surface area contributed by atoms with Crippen molar-refractivity contribution < 1.29 is 79.2 Å². The average molecular weight is 899 g/mol. The Kier molecular flexibility index (Phi) is 12.9. The summed E-state index contributed by atoms with van der Waals surface area (Å²) in [6.45, 7) is 18.7. The molecule has 9 N–H and O–H groups in total. The second kappa shape index (κ2) is 16.8. The third-order valence-electron chi connectivity index (χ3n) is 19.9. The standard InChI is InChI=1S/C47H78O16/c1-22-24(9-10-26-44(22,5)12-11-27-45(26,6)16-18-47(8)28-19-42(2,3)13-14-43(28,4)15-17-46(27,47)7)59-41-37(63-40-33(54)31(52)30(51)25(20-48)60-40)35(34(55)36(62-41)38(56)57)61-39-32(53)29(50)23(49)21-58-39/h22-37,39-41,48-55H,9-21H2,1-8H3,(H,56,57)/t22-,23+,24-,25+,26+,27-,28+,29-,30-,31-,32+,33+,34-,35-,36-,37+,39-,40-,41+,43+,44+,45-,46+,47-/m0/s1. The quantitative estimate of drug-likeness (QED) is 0.159. The van der Waals surface area contributed by atoms with E-state index in [0.29, 0.717) is 35.0 Å². The van der Waals surface area contributed by atoms with Gasteiger partial charge in [0, 0.05) is 0 Å². The fourth-order valence-corrected chi connectivity index (χ4v) is 15.5. The van der Waals surface area contributed by atoms with E-state index in [1.165, 1.54) is 38.5 Å². The summed E-state index contributed by atoms with van der Waals surface area (Å²) in [6.07, 6.45) is -12.4. The molecule has 8 rings (SSSR count). The normalized spacial score (nSPS) is 56.9. The van der Waals surface area contributed by atoms with Gasteiger partial charge >= 0.3 is 5.97 Å². The van der Waals surface area contributed by atoms with Gasteiger partial charge in [-0.3, -0.25) is 0 Å². The van der Waals surface area contributed by atoms with Crippen LogP contribution in [-0.2, 0) is 33.2 Å². The number of aliphatic hydroxyl groups excluding tert-OH is 8. The van der Waals surface area contributed by atoms with E-state index >= 15 is 0 Å². The van der Waals surface area contributed by atoms with Gasteiger partial charge < -0.3 is 74.4 Å². The number of carboxylic acid groups (broad SMARTS) is 1. The SMILES string of the molecule is C[C@H]1[C@@H](O[C@@H]2O[C@H](C(=O)O)[C@@H](O)[C@H](O[C@@H]3OC[C@@H](O)[C@H](O)[C@H]3O)[C@H]2O[C@@H]2O[C@H](CO)[C@H](O)[C@H](O)[C@H]2O)CC[C@@H]2[C@]1(C)CC[C@H]1[C@@]2(C)CC[C@@]2(C)[C@@H]3CC(C)(C)CC[C@]3(C)CC[C@]12C. The Bertz CT molecular complexity index is 1670. The Morgan fingerprint density at radius 1 is 0.603 bits per heavy atom. The molecule has 3 heterocycles. The van der Waals surface area contributed by atoms with Crippen molar-refractivity contribution in [1.29, 1.82) is 0 Å². The van der Waals surface area contributed by atoms with Crippen molar-refractivity contribution in [2.45, 2.75) is 218 Å². The smallest absolute Gasteiger partial charge is 0.335 e. The molecule has 8 fully saturated rings. The Hall–Kier alpha value is -1.09. The van der Waals surface area contributed by atoms with Crippen LogP contribution in [0.3, 0.4) is 0 Å². The van der Waals surface area contributed by atoms with Gasteiger partial charge in [0.05, 0.1) is 19.3 Å². The number of hydrogen-bond donors (Lipinski definition) is 9. The van der Waals surface area contributed by atoms with Crippen LogP contribution in [-0.4, -0.2) is 157 Å². The Balaban J connectivity index is 1.07. The summed E-state index contributed by atoms with van der Waals surface area (Å²) in [6, 6.07) is 0. The zero-order chi connectivity index (χ0) is 46.0. The molecule has 0 aromatic heterocycles. The van der Waals surface area contributed by atoms with Crippen molar-refractivity contribution in [3.8, 4) is 0 Å². The summed E-state index contributed by atoms with van der Waals surface area (Å²) in [5.74, 6) is 0.0273. The Morgan fingerprint density at radius 2 is 1.24 bits per heavy atom. The first kappa shape index (κ1) is 48.4. The number of ether oxygens (including phenoxy) is 6. The molecule has 0 radical (unpaired) electrons. The summed E-state index contributed by atoms with van der Waals surface area (Å²) in [5.41, 5.74) is 1.09. The monoisotopic (exact) mass is 899 g/mol. The first-order valence-corrected chi connectivity index (χ1v) is 23.8. The molecule has 0 aromatic rings. The van der Waals surface area contributed by atoms with E-state index in [4.69, 9.17) is 28.4 Å². The van der Waals surface area contributed by atoms with Crippen molar-refractivity contribution in [1.82, 2.24) is 0 Å². The second-order valence-electron chi connectivity index (χ2n) is 23.5. The van der Waals surface area contributed by atoms with Crippen LogP contribution >= 0.6 is 0 Å². The fraction of sp³-hybridized carbons (Fsp3) is 0.979. The molecule has 16 heteroatoms. The van der Waals surface area contributed by atoms with Gasteiger partial charge in [-0.25, -0.2) is 4.79 Å². The van der Waals surface area contributed by atoms with Crippen LogP contribution in [0.5, 0.6) is 0 Å². The predicted octanol–water partition coefficient (Wildman–Crippen LogP) is 2.45. The van der Waals surface area contributed by atoms with Crippen LogP contribution in [0.1, 0.15) is 126 Å². The molecule has 5 saturated carbocycles. The van der Waals surface area contributed by atoms with E-state index in [0.717, 1.165) is 25.7 Å². The minimum atomic E-state index is -2.01. The minimum absolute atomic E-state index is 0.0601. The molecule has 0 aromatic carbocycles. The third kappa shape index (κ3) is 7.68. The highest BCUT2D eigenvalue weighted by Crippen LogP contribution is 2.78. The van der Waals surface area contributed by atoms with Crippen molar-refractivity contribution in [3.05, 3.63) is 0 Å². The molecule has 3 aliphatic heterocycles. The molecule has 16 nitrogen and oxygen atoms in total. The van der Waals surface area contributed by atoms with Crippen molar-refractivity contribution >= 4 is 5.97 Å². The fourth-order valence-electron chi connectivity index (χ4n) is 15.5. The maximum absolute atomic E-state index is 12.7. The number of carbonyl (C=O) groups is 1. The molecule has 24 atom stereocenters. The van der Waals surface area contributed by atoms with Gasteiger partial charge in [0.1, 0.15) is 61.0 Å². The van der Waals surface area contributed by atoms with Crippen molar-refractivity contribution in [3.63, 3.8) is 0 Å². The van der Waals surface area contributed by atoms with Crippen LogP contribution in [0.2, 0.25) is 0 Å². The zero-order valence-corrected chi connectivity index (χ0v) is 38.5. The van der Waals surface area contributed by atoms with Gasteiger partial charge in [0.15, 0.2) is 25.0 Å². The lowest BCUT2D eigenvalue weighted by atomic mass is 9.30. The summed E-state index contributed by atoms with van der Waals surface area (Å²) in [7, 11) is 0. The molecular formula is C47H78O16. The van der Waals surface area contributed by atoms with Crippen LogP contribution in [0.15, 0.2) is 0 Å². The maximum Gasteiger partial charge on any atom is 0.335 e. The van der Waals surface area contributed by atoms with E-state index in [1.54, 1.807) is 0 Å². The van der Waals surface area contributed by atoms with Gasteiger partial charge in [-0.15, -0.1) is 0 Å². The largest absolute Gasteiger partial charge is 0.479 e. The van der Waals surface area contributed by atoms with Crippen molar-refractivity contribution in [2.75, 3.05) is 13.2 Å². The van der Waals surface area contributed by atoms with Gasteiger partial charge in [0.2, 0.25) is 0 Å². The zero-order valence-electron chi connectivity index (χ0n) is 38.5. The number of aliphatic hydroxyl groups is 8. The number of fused-ring (bicyclic) bond motifs is 7. The molecule has 362 valence electrons. The highest BCUT2D eigenvalue weighted by Gasteiger charge is 2.71. The minimum Gasteiger partial charge on any atom is -0.479 e. The topological polar surface area (TPSA) is 255 Å². The van der Waals surface area contributed by atoms with Crippen LogP contribution in [0.4, 0.5) is 0 Å². The lowest BCUT2D eigenvalue weighted by Gasteiger charge is -2.75. The summed E-state index contributed by atoms with van der Waals surface area (Å²) < 4.78 is 36.4. The molecule has 8 aliphatic rings. The van der Waals surface area contributed by atoms with E-state index in [2.05, 4.69) is 55.4 Å². The second-order valence-corrected chi connectivity index (χ2v) is 23.5.